The number of amides is 1. The van der Waals surface area contributed by atoms with Gasteiger partial charge in [-0.15, -0.1) is 0 Å². The first-order valence-corrected chi connectivity index (χ1v) is 5.84. The summed E-state index contributed by atoms with van der Waals surface area (Å²) in [5.41, 5.74) is 0.713. The second-order valence-electron chi connectivity index (χ2n) is 3.48. The molecule has 0 aliphatic carbocycles. The SMILES string of the molecule is N#Cc1ccc(Cl)cc1NC(=O)c1cnc(Cl)cn1. The van der Waals surface area contributed by atoms with E-state index in [-0.39, 0.29) is 10.8 Å². The van der Waals surface area contributed by atoms with Crippen molar-refractivity contribution in [1.82, 2.24) is 9.97 Å². The summed E-state index contributed by atoms with van der Waals surface area (Å²) in [7, 11) is 0. The van der Waals surface area contributed by atoms with Crippen molar-refractivity contribution in [2.45, 2.75) is 0 Å². The van der Waals surface area contributed by atoms with E-state index in [2.05, 4.69) is 15.3 Å². The van der Waals surface area contributed by atoms with Crippen molar-refractivity contribution in [3.8, 4) is 6.07 Å². The van der Waals surface area contributed by atoms with E-state index in [9.17, 15) is 4.79 Å². The third kappa shape index (κ3) is 3.19. The number of nitriles is 1. The Hall–Kier alpha value is -2.16. The molecule has 5 nitrogen and oxygen atoms in total. The van der Waals surface area contributed by atoms with Gasteiger partial charge in [0.1, 0.15) is 16.9 Å². The Balaban J connectivity index is 2.26. The smallest absolute Gasteiger partial charge is 0.275 e. The first kappa shape index (κ1) is 13.3. The van der Waals surface area contributed by atoms with Crippen LogP contribution in [0.5, 0.6) is 0 Å². The lowest BCUT2D eigenvalue weighted by Gasteiger charge is -2.06. The van der Waals surface area contributed by atoms with Gasteiger partial charge in [0.15, 0.2) is 0 Å². The Morgan fingerprint density at radius 2 is 2.05 bits per heavy atom. The molecule has 1 amide bonds. The van der Waals surface area contributed by atoms with E-state index in [1.165, 1.54) is 24.5 Å². The van der Waals surface area contributed by atoms with Gasteiger partial charge in [0.05, 0.1) is 23.6 Å². The van der Waals surface area contributed by atoms with Crippen molar-refractivity contribution < 1.29 is 4.79 Å². The number of halogens is 2. The van der Waals surface area contributed by atoms with E-state index in [1.807, 2.05) is 6.07 Å². The predicted molar refractivity (Wildman–Crippen MR) is 71.2 cm³/mol. The molecular weight excluding hydrogens is 287 g/mol. The van der Waals surface area contributed by atoms with Gasteiger partial charge in [0.25, 0.3) is 5.91 Å². The van der Waals surface area contributed by atoms with Crippen LogP contribution in [-0.4, -0.2) is 15.9 Å². The van der Waals surface area contributed by atoms with E-state index in [4.69, 9.17) is 28.5 Å². The molecule has 0 radical (unpaired) electrons. The molecule has 94 valence electrons. The molecule has 0 aliphatic rings. The van der Waals surface area contributed by atoms with Gasteiger partial charge in [-0.2, -0.15) is 5.26 Å². The summed E-state index contributed by atoms with van der Waals surface area (Å²) in [6.07, 6.45) is 2.51. The molecule has 2 aromatic rings. The van der Waals surface area contributed by atoms with Gasteiger partial charge >= 0.3 is 0 Å². The zero-order valence-corrected chi connectivity index (χ0v) is 10.9. The Morgan fingerprint density at radius 1 is 1.26 bits per heavy atom. The van der Waals surface area contributed by atoms with E-state index < -0.39 is 5.91 Å². The highest BCUT2D eigenvalue weighted by Gasteiger charge is 2.11. The van der Waals surface area contributed by atoms with Crippen LogP contribution >= 0.6 is 23.2 Å². The second-order valence-corrected chi connectivity index (χ2v) is 4.30. The molecule has 19 heavy (non-hydrogen) atoms. The topological polar surface area (TPSA) is 78.7 Å². The Kier molecular flexibility index (Phi) is 3.95. The average Bonchev–Trinajstić information content (AvgIpc) is 2.39. The standard InChI is InChI=1S/C12H6Cl2N4O/c13-8-2-1-7(4-15)9(3-8)18-12(19)10-5-17-11(14)6-16-10/h1-3,5-6H,(H,18,19). The molecule has 7 heteroatoms. The summed E-state index contributed by atoms with van der Waals surface area (Å²) in [6.45, 7) is 0. The molecule has 0 spiro atoms. The van der Waals surface area contributed by atoms with Crippen molar-refractivity contribution in [3.63, 3.8) is 0 Å². The highest BCUT2D eigenvalue weighted by Crippen LogP contribution is 2.20. The van der Waals surface area contributed by atoms with Gasteiger partial charge in [0.2, 0.25) is 0 Å². The van der Waals surface area contributed by atoms with Crippen LogP contribution in [0.15, 0.2) is 30.6 Å². The van der Waals surface area contributed by atoms with Crippen LogP contribution in [0.25, 0.3) is 0 Å². The van der Waals surface area contributed by atoms with E-state index in [1.54, 1.807) is 6.07 Å². The molecule has 1 N–H and O–H groups in total. The molecule has 0 bridgehead atoms. The number of nitrogens with zero attached hydrogens (tertiary/aromatic N) is 3. The number of carbonyl (C=O) groups excluding carboxylic acids is 1. The number of hydrogen-bond acceptors (Lipinski definition) is 4. The van der Waals surface area contributed by atoms with Crippen LogP contribution in [0.3, 0.4) is 0 Å². The normalized spacial score (nSPS) is 9.74. The molecule has 1 heterocycles. The van der Waals surface area contributed by atoms with Crippen LogP contribution < -0.4 is 5.32 Å². The third-order valence-electron chi connectivity index (χ3n) is 2.20. The second kappa shape index (κ2) is 5.65. The van der Waals surface area contributed by atoms with Crippen molar-refractivity contribution >= 4 is 34.8 Å². The molecule has 0 fully saturated rings. The maximum Gasteiger partial charge on any atom is 0.275 e. The minimum absolute atomic E-state index is 0.0910. The van der Waals surface area contributed by atoms with Gasteiger partial charge in [-0.05, 0) is 18.2 Å². The van der Waals surface area contributed by atoms with Gasteiger partial charge in [-0.25, -0.2) is 9.97 Å². The first-order valence-electron chi connectivity index (χ1n) is 5.08. The fourth-order valence-corrected chi connectivity index (χ4v) is 1.60. The van der Waals surface area contributed by atoms with E-state index >= 15 is 0 Å². The third-order valence-corrected chi connectivity index (χ3v) is 2.63. The molecule has 0 unspecified atom stereocenters. The highest BCUT2D eigenvalue weighted by molar-refractivity contribution is 6.31. The van der Waals surface area contributed by atoms with Crippen LogP contribution in [0.1, 0.15) is 16.1 Å². The van der Waals surface area contributed by atoms with E-state index in [0.717, 1.165) is 0 Å². The number of rotatable bonds is 2. The lowest BCUT2D eigenvalue weighted by atomic mass is 10.2. The molecule has 0 saturated carbocycles. The van der Waals surface area contributed by atoms with E-state index in [0.29, 0.717) is 16.3 Å². The Bertz CT molecular complexity index is 664. The van der Waals surface area contributed by atoms with Crippen LogP contribution in [0.4, 0.5) is 5.69 Å². The summed E-state index contributed by atoms with van der Waals surface area (Å²) < 4.78 is 0. The number of nitrogens with one attached hydrogen (secondary N) is 1. The quantitative estimate of drug-likeness (QED) is 0.923. The monoisotopic (exact) mass is 292 g/mol. The number of benzene rings is 1. The Morgan fingerprint density at radius 3 is 2.68 bits per heavy atom. The largest absolute Gasteiger partial charge is 0.319 e. The molecular formula is C12H6Cl2N4O. The average molecular weight is 293 g/mol. The maximum absolute atomic E-state index is 11.9. The molecule has 0 saturated heterocycles. The number of carbonyl (C=O) groups is 1. The number of anilines is 1. The zero-order chi connectivity index (χ0) is 13.8. The minimum atomic E-state index is -0.497. The predicted octanol–water partition coefficient (Wildman–Crippen LogP) is 2.91. The summed E-state index contributed by atoms with van der Waals surface area (Å²) in [4.78, 5) is 19.5. The summed E-state index contributed by atoms with van der Waals surface area (Å²) in [5, 5.41) is 12.1. The lowest BCUT2D eigenvalue weighted by molar-refractivity contribution is 0.102. The van der Waals surface area contributed by atoms with Gasteiger partial charge in [-0.1, -0.05) is 23.2 Å². The first-order chi connectivity index (χ1) is 9.10. The summed E-state index contributed by atoms with van der Waals surface area (Å²) in [5.74, 6) is -0.497. The molecule has 0 aliphatic heterocycles. The molecule has 1 aromatic carbocycles. The highest BCUT2D eigenvalue weighted by atomic mass is 35.5. The molecule has 0 atom stereocenters. The van der Waals surface area contributed by atoms with Crippen LogP contribution in [-0.2, 0) is 0 Å². The minimum Gasteiger partial charge on any atom is -0.319 e. The number of aromatic nitrogens is 2. The van der Waals surface area contributed by atoms with Gasteiger partial charge in [0, 0.05) is 5.02 Å². The van der Waals surface area contributed by atoms with Crippen molar-refractivity contribution in [3.05, 3.63) is 52.0 Å². The van der Waals surface area contributed by atoms with Crippen molar-refractivity contribution in [1.29, 1.82) is 5.26 Å². The fraction of sp³-hybridized carbons (Fsp3) is 0. The zero-order valence-electron chi connectivity index (χ0n) is 9.39. The van der Waals surface area contributed by atoms with Gasteiger partial charge in [-0.3, -0.25) is 4.79 Å². The van der Waals surface area contributed by atoms with Crippen LogP contribution in [0.2, 0.25) is 10.2 Å². The van der Waals surface area contributed by atoms with Crippen LogP contribution in [0, 0.1) is 11.3 Å². The number of hydrogen-bond donors (Lipinski definition) is 1. The molecule has 1 aromatic heterocycles. The molecule has 2 rings (SSSR count). The lowest BCUT2D eigenvalue weighted by Crippen LogP contribution is -2.14. The maximum atomic E-state index is 11.9. The Labute approximate surface area is 118 Å². The fourth-order valence-electron chi connectivity index (χ4n) is 1.33. The summed E-state index contributed by atoms with van der Waals surface area (Å²) >= 11 is 11.4. The van der Waals surface area contributed by atoms with Crippen molar-refractivity contribution in [2.75, 3.05) is 5.32 Å². The summed E-state index contributed by atoms with van der Waals surface area (Å²) in [6, 6.07) is 6.53. The van der Waals surface area contributed by atoms with Crippen molar-refractivity contribution in [2.24, 2.45) is 0 Å². The van der Waals surface area contributed by atoms with Gasteiger partial charge < -0.3 is 5.32 Å².